The molecule has 1 N–H and O–H groups in total. The van der Waals surface area contributed by atoms with Crippen LogP contribution in [-0.2, 0) is 17.7 Å². The van der Waals surface area contributed by atoms with Crippen molar-refractivity contribution in [2.24, 2.45) is 0 Å². The van der Waals surface area contributed by atoms with Gasteiger partial charge in [0.05, 0.1) is 12.0 Å². The summed E-state index contributed by atoms with van der Waals surface area (Å²) in [4.78, 5) is 24.9. The number of ether oxygens (including phenoxy) is 1. The van der Waals surface area contributed by atoms with E-state index in [-0.39, 0.29) is 11.7 Å². The minimum atomic E-state index is 0.0528. The number of nitrogens with zero attached hydrogens (tertiary/aromatic N) is 3. The van der Waals surface area contributed by atoms with Crippen LogP contribution in [0.3, 0.4) is 0 Å². The van der Waals surface area contributed by atoms with Gasteiger partial charge in [-0.1, -0.05) is 0 Å². The first-order chi connectivity index (χ1) is 11.8. The fourth-order valence-corrected chi connectivity index (χ4v) is 3.90. The molecule has 0 bridgehead atoms. The summed E-state index contributed by atoms with van der Waals surface area (Å²) in [5.41, 5.74) is 1.88. The molecular weight excluding hydrogens is 304 g/mol. The summed E-state index contributed by atoms with van der Waals surface area (Å²) in [6.45, 7) is 4.56. The van der Waals surface area contributed by atoms with Crippen LogP contribution in [0.2, 0.25) is 0 Å². The van der Waals surface area contributed by atoms with Gasteiger partial charge in [0, 0.05) is 38.3 Å². The van der Waals surface area contributed by atoms with Crippen LogP contribution in [-0.4, -0.2) is 47.2 Å². The second-order valence-corrected chi connectivity index (χ2v) is 7.05. The SMILES string of the molecule is O=c1[nH]c(N2CCCCC2)nc2c1CCN(C[C@H]1CCC=CO1)C2. The molecule has 0 spiro atoms. The van der Waals surface area contributed by atoms with E-state index >= 15 is 0 Å². The molecule has 0 aliphatic carbocycles. The van der Waals surface area contributed by atoms with Gasteiger partial charge >= 0.3 is 0 Å². The van der Waals surface area contributed by atoms with Crippen LogP contribution < -0.4 is 10.5 Å². The Morgan fingerprint density at radius 1 is 1.25 bits per heavy atom. The smallest absolute Gasteiger partial charge is 0.255 e. The molecule has 3 aliphatic heterocycles. The number of rotatable bonds is 3. The number of H-pyrrole nitrogens is 1. The predicted molar refractivity (Wildman–Crippen MR) is 93.1 cm³/mol. The highest BCUT2D eigenvalue weighted by atomic mass is 16.5. The minimum absolute atomic E-state index is 0.0528. The van der Waals surface area contributed by atoms with Crippen LogP contribution in [0.25, 0.3) is 0 Å². The molecule has 1 aromatic rings. The van der Waals surface area contributed by atoms with Crippen molar-refractivity contribution in [2.75, 3.05) is 31.1 Å². The molecule has 1 fully saturated rings. The highest BCUT2D eigenvalue weighted by molar-refractivity contribution is 5.34. The molecule has 1 saturated heterocycles. The van der Waals surface area contributed by atoms with Crippen LogP contribution in [0.5, 0.6) is 0 Å². The van der Waals surface area contributed by atoms with E-state index in [1.807, 2.05) is 6.26 Å². The number of fused-ring (bicyclic) bond motifs is 1. The Kier molecular flexibility index (Phi) is 4.56. The van der Waals surface area contributed by atoms with E-state index < -0.39 is 0 Å². The van der Waals surface area contributed by atoms with Crippen LogP contribution >= 0.6 is 0 Å². The average Bonchev–Trinajstić information content (AvgIpc) is 2.63. The number of nitrogens with one attached hydrogen (secondary N) is 1. The molecule has 0 unspecified atom stereocenters. The van der Waals surface area contributed by atoms with E-state index in [1.165, 1.54) is 19.3 Å². The lowest BCUT2D eigenvalue weighted by molar-refractivity contribution is 0.0731. The van der Waals surface area contributed by atoms with Crippen LogP contribution in [0.15, 0.2) is 17.1 Å². The Bertz CT molecular complexity index is 663. The maximum atomic E-state index is 12.4. The van der Waals surface area contributed by atoms with Crippen molar-refractivity contribution in [1.29, 1.82) is 0 Å². The topological polar surface area (TPSA) is 61.5 Å². The Morgan fingerprint density at radius 3 is 2.92 bits per heavy atom. The molecule has 0 radical (unpaired) electrons. The second-order valence-electron chi connectivity index (χ2n) is 7.05. The lowest BCUT2D eigenvalue weighted by Gasteiger charge is -2.32. The standard InChI is InChI=1S/C18H26N4O2/c23-17-15-7-10-21(12-14-6-2-5-11-24-14)13-16(15)19-18(20-17)22-8-3-1-4-9-22/h5,11,14H,1-4,6-10,12-13H2,(H,19,20,23)/t14-/m1/s1. The maximum Gasteiger partial charge on any atom is 0.255 e. The fraction of sp³-hybridized carbons (Fsp3) is 0.667. The van der Waals surface area contributed by atoms with Gasteiger partial charge in [-0.2, -0.15) is 0 Å². The molecule has 3 aliphatic rings. The van der Waals surface area contributed by atoms with Gasteiger partial charge < -0.3 is 9.64 Å². The molecule has 130 valence electrons. The van der Waals surface area contributed by atoms with E-state index in [1.54, 1.807) is 0 Å². The summed E-state index contributed by atoms with van der Waals surface area (Å²) in [5.74, 6) is 0.761. The lowest BCUT2D eigenvalue weighted by Crippen LogP contribution is -2.41. The molecule has 1 aromatic heterocycles. The Labute approximate surface area is 142 Å². The van der Waals surface area contributed by atoms with Crippen molar-refractivity contribution in [1.82, 2.24) is 14.9 Å². The molecule has 0 aromatic carbocycles. The molecule has 6 nitrogen and oxygen atoms in total. The number of allylic oxidation sites excluding steroid dienone is 1. The van der Waals surface area contributed by atoms with Crippen molar-refractivity contribution >= 4 is 5.95 Å². The highest BCUT2D eigenvalue weighted by Gasteiger charge is 2.25. The Balaban J connectivity index is 1.49. The number of aromatic amines is 1. The monoisotopic (exact) mass is 330 g/mol. The molecular formula is C18H26N4O2. The van der Waals surface area contributed by atoms with E-state index in [0.29, 0.717) is 0 Å². The number of anilines is 1. The van der Waals surface area contributed by atoms with Gasteiger partial charge in [-0.05, 0) is 44.6 Å². The molecule has 24 heavy (non-hydrogen) atoms. The first-order valence-corrected chi connectivity index (χ1v) is 9.19. The summed E-state index contributed by atoms with van der Waals surface area (Å²) in [6.07, 6.45) is 10.7. The van der Waals surface area contributed by atoms with Gasteiger partial charge in [0.2, 0.25) is 5.95 Å². The Hall–Kier alpha value is -1.82. The summed E-state index contributed by atoms with van der Waals surface area (Å²) in [6, 6.07) is 0. The van der Waals surface area contributed by atoms with Crippen LogP contribution in [0, 0.1) is 0 Å². The quantitative estimate of drug-likeness (QED) is 0.916. The van der Waals surface area contributed by atoms with Gasteiger partial charge in [0.1, 0.15) is 6.10 Å². The van der Waals surface area contributed by atoms with E-state index in [9.17, 15) is 4.79 Å². The van der Waals surface area contributed by atoms with Gasteiger partial charge in [-0.25, -0.2) is 4.98 Å². The van der Waals surface area contributed by atoms with Crippen molar-refractivity contribution < 1.29 is 4.74 Å². The van der Waals surface area contributed by atoms with Gasteiger partial charge in [-0.3, -0.25) is 14.7 Å². The summed E-state index contributed by atoms with van der Waals surface area (Å²) >= 11 is 0. The van der Waals surface area contributed by atoms with Crippen molar-refractivity contribution in [3.8, 4) is 0 Å². The normalized spacial score (nSPS) is 24.5. The van der Waals surface area contributed by atoms with Gasteiger partial charge in [-0.15, -0.1) is 0 Å². The Morgan fingerprint density at radius 2 is 2.12 bits per heavy atom. The second kappa shape index (κ2) is 6.97. The molecule has 6 heteroatoms. The molecule has 1 atom stereocenters. The van der Waals surface area contributed by atoms with Crippen LogP contribution in [0.1, 0.15) is 43.4 Å². The van der Waals surface area contributed by atoms with Gasteiger partial charge in [0.25, 0.3) is 5.56 Å². The van der Waals surface area contributed by atoms with E-state index in [0.717, 1.165) is 69.2 Å². The third-order valence-electron chi connectivity index (χ3n) is 5.28. The van der Waals surface area contributed by atoms with Crippen molar-refractivity contribution in [3.05, 3.63) is 33.9 Å². The number of hydrogen-bond acceptors (Lipinski definition) is 5. The predicted octanol–water partition coefficient (Wildman–Crippen LogP) is 1.81. The zero-order valence-corrected chi connectivity index (χ0v) is 14.2. The molecule has 4 rings (SSSR count). The minimum Gasteiger partial charge on any atom is -0.497 e. The maximum absolute atomic E-state index is 12.4. The molecule has 4 heterocycles. The van der Waals surface area contributed by atoms with Gasteiger partial charge in [0.15, 0.2) is 0 Å². The molecule has 0 saturated carbocycles. The van der Waals surface area contributed by atoms with Crippen LogP contribution in [0.4, 0.5) is 5.95 Å². The van der Waals surface area contributed by atoms with Crippen molar-refractivity contribution in [2.45, 2.75) is 51.2 Å². The fourth-order valence-electron chi connectivity index (χ4n) is 3.90. The zero-order chi connectivity index (χ0) is 16.4. The number of hydrogen-bond donors (Lipinski definition) is 1. The average molecular weight is 330 g/mol. The summed E-state index contributed by atoms with van der Waals surface area (Å²) in [7, 11) is 0. The first kappa shape index (κ1) is 15.7. The van der Waals surface area contributed by atoms with E-state index in [2.05, 4.69) is 20.9 Å². The zero-order valence-electron chi connectivity index (χ0n) is 14.2. The largest absolute Gasteiger partial charge is 0.497 e. The van der Waals surface area contributed by atoms with Crippen molar-refractivity contribution in [3.63, 3.8) is 0 Å². The third-order valence-corrected chi connectivity index (χ3v) is 5.28. The number of aromatic nitrogens is 2. The van der Waals surface area contributed by atoms with E-state index in [4.69, 9.17) is 9.72 Å². The third kappa shape index (κ3) is 3.34. The summed E-state index contributed by atoms with van der Waals surface area (Å²) in [5, 5.41) is 0. The molecule has 0 amide bonds. The summed E-state index contributed by atoms with van der Waals surface area (Å²) < 4.78 is 5.69. The first-order valence-electron chi connectivity index (χ1n) is 9.19. The number of piperidine rings is 1. The lowest BCUT2D eigenvalue weighted by atomic mass is 10.0. The highest BCUT2D eigenvalue weighted by Crippen LogP contribution is 2.20.